The van der Waals surface area contributed by atoms with E-state index in [4.69, 9.17) is 15.2 Å². The number of ether oxygens (including phenoxy) is 2. The summed E-state index contributed by atoms with van der Waals surface area (Å²) in [5, 5.41) is 7.30. The average molecular weight is 590 g/mol. The van der Waals surface area contributed by atoms with Crippen molar-refractivity contribution in [3.63, 3.8) is 0 Å². The van der Waals surface area contributed by atoms with Crippen LogP contribution in [0.25, 0.3) is 10.8 Å². The second kappa shape index (κ2) is 14.1. The Kier molecular flexibility index (Phi) is 10.3. The summed E-state index contributed by atoms with van der Waals surface area (Å²) >= 11 is 0. The molecule has 11 heteroatoms. The van der Waals surface area contributed by atoms with E-state index in [2.05, 4.69) is 10.6 Å². The monoisotopic (exact) mass is 589 g/mol. The number of unbranched alkanes of at least 4 members (excludes halogenated alkanes) is 1. The fourth-order valence-corrected chi connectivity index (χ4v) is 5.21. The average Bonchev–Trinajstić information content (AvgIpc) is 3.14. The second-order valence-electron chi connectivity index (χ2n) is 10.4. The molecule has 3 aromatic carbocycles. The highest BCUT2D eigenvalue weighted by Gasteiger charge is 2.37. The smallest absolute Gasteiger partial charge is 0.337 e. The minimum absolute atomic E-state index is 0.0227. The fraction of sp³-hybridized carbons (Fsp3) is 0.375. The van der Waals surface area contributed by atoms with Gasteiger partial charge in [-0.3, -0.25) is 14.4 Å². The van der Waals surface area contributed by atoms with Crippen molar-refractivity contribution in [3.8, 4) is 5.75 Å². The summed E-state index contributed by atoms with van der Waals surface area (Å²) in [7, 11) is 4.54. The largest absolute Gasteiger partial charge is 0.496 e. The molecular formula is C32H39N5O6. The number of esters is 1. The standard InChI is InChI=1S/C32H39N5O6/c1-20(34-2)30(39)35-25-19-36(29(38)11-7-8-16-33)26-9-5-6-10-27(26)37(31(25)40)18-24-23-14-12-22(32(41)43-4)17-21(23)13-15-28(24)42-3/h5-6,9-10,12-15,17,20,25,34H,7-8,11,16,18-19,33H2,1-4H3,(H,35,39)/t20?,25-/m0/s1. The molecule has 4 rings (SSSR count). The summed E-state index contributed by atoms with van der Waals surface area (Å²) in [4.78, 5) is 56.2. The van der Waals surface area contributed by atoms with Crippen molar-refractivity contribution in [2.75, 3.05) is 44.2 Å². The Hall–Kier alpha value is -4.48. The molecular weight excluding hydrogens is 550 g/mol. The second-order valence-corrected chi connectivity index (χ2v) is 10.4. The van der Waals surface area contributed by atoms with Crippen molar-refractivity contribution in [1.82, 2.24) is 10.6 Å². The molecule has 4 N–H and O–H groups in total. The van der Waals surface area contributed by atoms with E-state index in [-0.39, 0.29) is 37.2 Å². The fourth-order valence-electron chi connectivity index (χ4n) is 5.21. The molecule has 3 aromatic rings. The number of likely N-dealkylation sites (N-methyl/N-ethyl adjacent to an activating group) is 1. The number of anilines is 2. The molecule has 1 heterocycles. The van der Waals surface area contributed by atoms with Crippen molar-refractivity contribution in [2.24, 2.45) is 5.73 Å². The van der Waals surface area contributed by atoms with E-state index in [0.717, 1.165) is 10.8 Å². The highest BCUT2D eigenvalue weighted by Crippen LogP contribution is 2.37. The Morgan fingerprint density at radius 1 is 1.05 bits per heavy atom. The molecule has 0 spiro atoms. The zero-order chi connectivity index (χ0) is 31.1. The third kappa shape index (κ3) is 6.79. The minimum Gasteiger partial charge on any atom is -0.496 e. The lowest BCUT2D eigenvalue weighted by Crippen LogP contribution is -2.55. The molecule has 43 heavy (non-hydrogen) atoms. The maximum absolute atomic E-state index is 14.3. The number of amides is 3. The zero-order valence-electron chi connectivity index (χ0n) is 25.0. The number of benzene rings is 3. The van der Waals surface area contributed by atoms with Gasteiger partial charge < -0.3 is 35.6 Å². The van der Waals surface area contributed by atoms with Gasteiger partial charge in [-0.05, 0) is 74.5 Å². The highest BCUT2D eigenvalue weighted by molar-refractivity contribution is 6.08. The molecule has 0 saturated heterocycles. The normalized spacial score (nSPS) is 15.5. The number of nitrogens with zero attached hydrogens (tertiary/aromatic N) is 2. The number of rotatable bonds is 11. The first kappa shape index (κ1) is 31.5. The summed E-state index contributed by atoms with van der Waals surface area (Å²) in [5.74, 6) is -0.796. The van der Waals surface area contributed by atoms with E-state index in [0.29, 0.717) is 47.6 Å². The Bertz CT molecular complexity index is 1510. The molecule has 0 saturated carbocycles. The van der Waals surface area contributed by atoms with Crippen LogP contribution < -0.4 is 30.9 Å². The number of para-hydroxylation sites is 2. The predicted octanol–water partition coefficient (Wildman–Crippen LogP) is 2.74. The molecule has 2 atom stereocenters. The van der Waals surface area contributed by atoms with Gasteiger partial charge in [-0.1, -0.05) is 24.3 Å². The van der Waals surface area contributed by atoms with Gasteiger partial charge in [0.25, 0.3) is 5.91 Å². The summed E-state index contributed by atoms with van der Waals surface area (Å²) in [6.07, 6.45) is 1.57. The van der Waals surface area contributed by atoms with Crippen molar-refractivity contribution < 1.29 is 28.7 Å². The van der Waals surface area contributed by atoms with Crippen molar-refractivity contribution in [3.05, 3.63) is 65.7 Å². The van der Waals surface area contributed by atoms with Crippen LogP contribution in [0.1, 0.15) is 42.1 Å². The van der Waals surface area contributed by atoms with Gasteiger partial charge in [-0.2, -0.15) is 0 Å². The molecule has 1 aliphatic heterocycles. The summed E-state index contributed by atoms with van der Waals surface area (Å²) in [5.41, 5.74) is 7.85. The van der Waals surface area contributed by atoms with Crippen LogP contribution in [0, 0.1) is 0 Å². The van der Waals surface area contributed by atoms with Gasteiger partial charge in [-0.15, -0.1) is 0 Å². The maximum Gasteiger partial charge on any atom is 0.337 e. The number of methoxy groups -OCH3 is 2. The first-order valence-electron chi connectivity index (χ1n) is 14.3. The molecule has 0 bridgehead atoms. The van der Waals surface area contributed by atoms with E-state index in [9.17, 15) is 19.2 Å². The van der Waals surface area contributed by atoms with E-state index >= 15 is 0 Å². The number of hydrogen-bond donors (Lipinski definition) is 3. The lowest BCUT2D eigenvalue weighted by molar-refractivity contribution is -0.128. The molecule has 0 radical (unpaired) electrons. The minimum atomic E-state index is -1.01. The van der Waals surface area contributed by atoms with E-state index in [1.807, 2.05) is 12.1 Å². The van der Waals surface area contributed by atoms with Crippen LogP contribution >= 0.6 is 0 Å². The van der Waals surface area contributed by atoms with Gasteiger partial charge in [0.05, 0.1) is 50.3 Å². The Morgan fingerprint density at radius 3 is 2.47 bits per heavy atom. The van der Waals surface area contributed by atoms with E-state index in [1.165, 1.54) is 7.11 Å². The van der Waals surface area contributed by atoms with Gasteiger partial charge in [0.2, 0.25) is 11.8 Å². The summed E-state index contributed by atoms with van der Waals surface area (Å²) in [6, 6.07) is 14.5. The van der Waals surface area contributed by atoms with Gasteiger partial charge in [0.15, 0.2) is 0 Å². The maximum atomic E-state index is 14.3. The van der Waals surface area contributed by atoms with Crippen LogP contribution in [0.5, 0.6) is 5.75 Å². The molecule has 228 valence electrons. The Labute approximate surface area is 251 Å². The first-order valence-corrected chi connectivity index (χ1v) is 14.3. The molecule has 3 amide bonds. The number of nitrogens with two attached hydrogens (primary N) is 1. The third-order valence-corrected chi connectivity index (χ3v) is 7.73. The topological polar surface area (TPSA) is 143 Å². The molecule has 0 fully saturated rings. The molecule has 1 unspecified atom stereocenters. The quantitative estimate of drug-likeness (QED) is 0.229. The van der Waals surface area contributed by atoms with Crippen molar-refractivity contribution in [2.45, 2.75) is 44.8 Å². The van der Waals surface area contributed by atoms with Crippen LogP contribution in [0.2, 0.25) is 0 Å². The lowest BCUT2D eigenvalue weighted by atomic mass is 10.00. The predicted molar refractivity (Wildman–Crippen MR) is 165 cm³/mol. The Balaban J connectivity index is 1.83. The third-order valence-electron chi connectivity index (χ3n) is 7.73. The van der Waals surface area contributed by atoms with Crippen LogP contribution in [0.4, 0.5) is 11.4 Å². The lowest BCUT2D eigenvalue weighted by Gasteiger charge is -2.27. The molecule has 0 aliphatic carbocycles. The number of fused-ring (bicyclic) bond motifs is 2. The van der Waals surface area contributed by atoms with Gasteiger partial charge in [0.1, 0.15) is 11.8 Å². The van der Waals surface area contributed by atoms with Gasteiger partial charge in [0, 0.05) is 12.0 Å². The first-order chi connectivity index (χ1) is 20.7. The van der Waals surface area contributed by atoms with E-state index in [1.54, 1.807) is 73.3 Å². The number of carbonyl (C=O) groups excluding carboxylic acids is 4. The SMILES string of the molecule is CNC(C)C(=O)N[C@H]1CN(C(=O)CCCCN)c2ccccc2N(Cc2c(OC)ccc3cc(C(=O)OC)ccc23)C1=O. The number of carbonyl (C=O) groups is 4. The number of nitrogens with one attached hydrogen (secondary N) is 2. The van der Waals surface area contributed by atoms with Crippen molar-refractivity contribution in [1.29, 1.82) is 0 Å². The van der Waals surface area contributed by atoms with E-state index < -0.39 is 18.1 Å². The van der Waals surface area contributed by atoms with Crippen LogP contribution in [0.3, 0.4) is 0 Å². The molecule has 0 aromatic heterocycles. The summed E-state index contributed by atoms with van der Waals surface area (Å²) < 4.78 is 10.6. The van der Waals surface area contributed by atoms with Crippen LogP contribution in [0.15, 0.2) is 54.6 Å². The van der Waals surface area contributed by atoms with Gasteiger partial charge in [-0.25, -0.2) is 4.79 Å². The number of hydrogen-bond acceptors (Lipinski definition) is 8. The summed E-state index contributed by atoms with van der Waals surface area (Å²) in [6.45, 7) is 2.23. The molecule has 11 nitrogen and oxygen atoms in total. The Morgan fingerprint density at radius 2 is 1.79 bits per heavy atom. The van der Waals surface area contributed by atoms with Crippen LogP contribution in [-0.4, -0.2) is 70.1 Å². The van der Waals surface area contributed by atoms with Crippen molar-refractivity contribution >= 4 is 45.8 Å². The highest BCUT2D eigenvalue weighted by atomic mass is 16.5. The molecule has 1 aliphatic rings. The zero-order valence-corrected chi connectivity index (χ0v) is 25.0. The van der Waals surface area contributed by atoms with Gasteiger partial charge >= 0.3 is 5.97 Å². The van der Waals surface area contributed by atoms with Crippen LogP contribution in [-0.2, 0) is 25.7 Å².